The van der Waals surface area contributed by atoms with E-state index < -0.39 is 0 Å². The van der Waals surface area contributed by atoms with E-state index in [4.69, 9.17) is 9.47 Å². The van der Waals surface area contributed by atoms with E-state index in [0.717, 1.165) is 22.4 Å². The average molecular weight is 356 g/mol. The van der Waals surface area contributed by atoms with E-state index >= 15 is 0 Å². The van der Waals surface area contributed by atoms with Crippen molar-refractivity contribution in [2.45, 2.75) is 51.5 Å². The molecule has 1 aliphatic heterocycles. The lowest BCUT2D eigenvalue weighted by atomic mass is 9.99. The van der Waals surface area contributed by atoms with Crippen molar-refractivity contribution in [3.63, 3.8) is 0 Å². The summed E-state index contributed by atoms with van der Waals surface area (Å²) in [5, 5.41) is 3.43. The maximum Gasteiger partial charge on any atom is 0.162 e. The molecule has 0 amide bonds. The molecule has 0 saturated heterocycles. The molecule has 0 spiro atoms. The Morgan fingerprint density at radius 3 is 2.43 bits per heavy atom. The van der Waals surface area contributed by atoms with E-state index in [-0.39, 0.29) is 0 Å². The van der Waals surface area contributed by atoms with Gasteiger partial charge in [-0.2, -0.15) is 0 Å². The Labute approximate surface area is 136 Å². The van der Waals surface area contributed by atoms with Crippen molar-refractivity contribution in [1.29, 1.82) is 0 Å². The first-order chi connectivity index (χ1) is 10.3. The topological polar surface area (TPSA) is 30.5 Å². The van der Waals surface area contributed by atoms with Crippen LogP contribution in [0.1, 0.15) is 57.1 Å². The second-order valence-electron chi connectivity index (χ2n) is 5.56. The van der Waals surface area contributed by atoms with Crippen LogP contribution in [0.15, 0.2) is 16.6 Å². The zero-order chi connectivity index (χ0) is 15.1. The van der Waals surface area contributed by atoms with Gasteiger partial charge in [0.15, 0.2) is 11.5 Å². The van der Waals surface area contributed by atoms with E-state index in [1.807, 2.05) is 13.1 Å². The number of rotatable bonds is 8. The predicted molar refractivity (Wildman–Crippen MR) is 90.3 cm³/mol. The van der Waals surface area contributed by atoms with E-state index in [9.17, 15) is 0 Å². The molecule has 1 unspecified atom stereocenters. The molecule has 0 aromatic heterocycles. The van der Waals surface area contributed by atoms with Gasteiger partial charge in [0.25, 0.3) is 0 Å². The highest BCUT2D eigenvalue weighted by molar-refractivity contribution is 9.10. The van der Waals surface area contributed by atoms with Crippen molar-refractivity contribution >= 4 is 15.9 Å². The van der Waals surface area contributed by atoms with Crippen LogP contribution in [-0.2, 0) is 0 Å². The fraction of sp³-hybridized carbons (Fsp3) is 0.647. The van der Waals surface area contributed by atoms with Gasteiger partial charge in [-0.3, -0.25) is 0 Å². The number of unbranched alkanes of at least 4 members (excludes halogenated alkanes) is 4. The number of ether oxygens (including phenoxy) is 2. The third-order valence-corrected chi connectivity index (χ3v) is 4.67. The van der Waals surface area contributed by atoms with Crippen LogP contribution in [0.25, 0.3) is 0 Å². The summed E-state index contributed by atoms with van der Waals surface area (Å²) in [6.45, 7) is 3.52. The molecule has 1 aromatic carbocycles. The third kappa shape index (κ3) is 4.62. The normalized spacial score (nSPS) is 15.0. The van der Waals surface area contributed by atoms with Crippen LogP contribution in [0.4, 0.5) is 0 Å². The smallest absolute Gasteiger partial charge is 0.162 e. The van der Waals surface area contributed by atoms with Crippen LogP contribution in [-0.4, -0.2) is 20.3 Å². The first kappa shape index (κ1) is 16.6. The number of nitrogens with one attached hydrogen (secondary N) is 1. The van der Waals surface area contributed by atoms with Gasteiger partial charge in [-0.25, -0.2) is 0 Å². The second kappa shape index (κ2) is 8.64. The fourth-order valence-corrected chi connectivity index (χ4v) is 3.35. The van der Waals surface area contributed by atoms with Crippen molar-refractivity contribution in [1.82, 2.24) is 5.32 Å². The highest BCUT2D eigenvalue weighted by Gasteiger charge is 2.19. The lowest BCUT2D eigenvalue weighted by molar-refractivity contribution is 0.171. The van der Waals surface area contributed by atoms with Gasteiger partial charge in [0.2, 0.25) is 0 Å². The molecule has 118 valence electrons. The van der Waals surface area contributed by atoms with Crippen molar-refractivity contribution < 1.29 is 9.47 Å². The van der Waals surface area contributed by atoms with Gasteiger partial charge in [-0.15, -0.1) is 0 Å². The van der Waals surface area contributed by atoms with Gasteiger partial charge in [0, 0.05) is 10.5 Å². The fourth-order valence-electron chi connectivity index (χ4n) is 2.75. The lowest BCUT2D eigenvalue weighted by Gasteiger charge is -2.23. The Bertz CT molecular complexity index is 451. The van der Waals surface area contributed by atoms with Crippen LogP contribution in [0.2, 0.25) is 0 Å². The van der Waals surface area contributed by atoms with Gasteiger partial charge in [0.1, 0.15) is 13.2 Å². The molecule has 1 atom stereocenters. The van der Waals surface area contributed by atoms with Crippen molar-refractivity contribution in [3.05, 3.63) is 22.2 Å². The number of hydrogen-bond acceptors (Lipinski definition) is 3. The van der Waals surface area contributed by atoms with Gasteiger partial charge in [0.05, 0.1) is 0 Å². The van der Waals surface area contributed by atoms with Gasteiger partial charge in [-0.1, -0.05) is 55.0 Å². The average Bonchev–Trinajstić information content (AvgIpc) is 2.51. The second-order valence-corrected chi connectivity index (χ2v) is 6.42. The molecule has 1 N–H and O–H groups in total. The monoisotopic (exact) mass is 355 g/mol. The summed E-state index contributed by atoms with van der Waals surface area (Å²) in [5.41, 5.74) is 1.26. The highest BCUT2D eigenvalue weighted by Crippen LogP contribution is 2.38. The maximum atomic E-state index is 5.70. The SMILES string of the molecule is CCCCCCCC(NC)c1cc2c(cc1Br)OCCO2. The zero-order valence-electron chi connectivity index (χ0n) is 13.1. The minimum absolute atomic E-state index is 0.358. The summed E-state index contributed by atoms with van der Waals surface area (Å²) < 4.78 is 12.4. The van der Waals surface area contributed by atoms with E-state index in [2.05, 4.69) is 34.2 Å². The summed E-state index contributed by atoms with van der Waals surface area (Å²) in [6.07, 6.45) is 7.70. The number of fused-ring (bicyclic) bond motifs is 1. The van der Waals surface area contributed by atoms with Crippen molar-refractivity contribution in [3.8, 4) is 11.5 Å². The Kier molecular flexibility index (Phi) is 6.84. The minimum atomic E-state index is 0.358. The minimum Gasteiger partial charge on any atom is -0.486 e. The molecule has 21 heavy (non-hydrogen) atoms. The van der Waals surface area contributed by atoms with Crippen molar-refractivity contribution in [2.24, 2.45) is 0 Å². The quantitative estimate of drug-likeness (QED) is 0.676. The number of hydrogen-bond donors (Lipinski definition) is 1. The maximum absolute atomic E-state index is 5.70. The van der Waals surface area contributed by atoms with E-state index in [1.54, 1.807) is 0 Å². The summed E-state index contributed by atoms with van der Waals surface area (Å²) in [4.78, 5) is 0. The van der Waals surface area contributed by atoms with Crippen LogP contribution >= 0.6 is 15.9 Å². The molecule has 0 fully saturated rings. The van der Waals surface area contributed by atoms with Gasteiger partial charge >= 0.3 is 0 Å². The van der Waals surface area contributed by atoms with E-state index in [0.29, 0.717) is 19.3 Å². The molecule has 1 aromatic rings. The summed E-state index contributed by atoms with van der Waals surface area (Å²) in [5.74, 6) is 1.71. The number of benzene rings is 1. The molecule has 4 heteroatoms. The largest absolute Gasteiger partial charge is 0.486 e. The zero-order valence-corrected chi connectivity index (χ0v) is 14.7. The Hall–Kier alpha value is -0.740. The molecule has 0 aliphatic carbocycles. The Morgan fingerprint density at radius 2 is 1.76 bits per heavy atom. The standard InChI is InChI=1S/C17H26BrNO2/c1-3-4-5-6-7-8-15(19-2)13-11-16-17(12-14(13)18)21-10-9-20-16/h11-12,15,19H,3-10H2,1-2H3. The first-order valence-corrected chi connectivity index (χ1v) is 8.81. The van der Waals surface area contributed by atoms with E-state index in [1.165, 1.54) is 37.7 Å². The summed E-state index contributed by atoms with van der Waals surface area (Å²) >= 11 is 3.68. The molecule has 0 saturated carbocycles. The van der Waals surface area contributed by atoms with Crippen LogP contribution in [0.3, 0.4) is 0 Å². The Balaban J connectivity index is 2.00. The van der Waals surface area contributed by atoms with Crippen LogP contribution in [0, 0.1) is 0 Å². The van der Waals surface area contributed by atoms with Crippen LogP contribution in [0.5, 0.6) is 11.5 Å². The lowest BCUT2D eigenvalue weighted by Crippen LogP contribution is -2.19. The van der Waals surface area contributed by atoms with Crippen LogP contribution < -0.4 is 14.8 Å². The Morgan fingerprint density at radius 1 is 1.10 bits per heavy atom. The molecular formula is C17H26BrNO2. The molecule has 1 heterocycles. The molecule has 3 nitrogen and oxygen atoms in total. The number of halogens is 1. The third-order valence-electron chi connectivity index (χ3n) is 3.98. The first-order valence-electron chi connectivity index (χ1n) is 8.02. The summed E-state index contributed by atoms with van der Waals surface area (Å²) in [7, 11) is 2.03. The molecule has 2 rings (SSSR count). The van der Waals surface area contributed by atoms with Crippen molar-refractivity contribution in [2.75, 3.05) is 20.3 Å². The molecule has 0 bridgehead atoms. The molecular weight excluding hydrogens is 330 g/mol. The molecule has 0 radical (unpaired) electrons. The predicted octanol–water partition coefficient (Wildman–Crippen LogP) is 4.84. The molecule has 1 aliphatic rings. The van der Waals surface area contributed by atoms with Gasteiger partial charge in [-0.05, 0) is 31.2 Å². The summed E-state index contributed by atoms with van der Waals surface area (Å²) in [6, 6.07) is 4.51. The highest BCUT2D eigenvalue weighted by atomic mass is 79.9. The van der Waals surface area contributed by atoms with Gasteiger partial charge < -0.3 is 14.8 Å².